The van der Waals surface area contributed by atoms with Gasteiger partial charge in [0.15, 0.2) is 11.5 Å². The van der Waals surface area contributed by atoms with Crippen molar-refractivity contribution in [3.63, 3.8) is 0 Å². The van der Waals surface area contributed by atoms with Crippen LogP contribution in [0.2, 0.25) is 0 Å². The molecule has 0 amide bonds. The Morgan fingerprint density at radius 1 is 1.29 bits per heavy atom. The van der Waals surface area contributed by atoms with Gasteiger partial charge in [-0.15, -0.1) is 0 Å². The molecule has 2 rings (SSSR count). The molecule has 1 aromatic carbocycles. The number of hydrogen-bond acceptors (Lipinski definition) is 4. The summed E-state index contributed by atoms with van der Waals surface area (Å²) in [5.74, 6) is 1.69. The SMILES string of the molecule is CN(C)C(CCCN)c1ccc2c(c1)OCO2. The minimum absolute atomic E-state index is 0.328. The molecule has 4 nitrogen and oxygen atoms in total. The van der Waals surface area contributed by atoms with Crippen LogP contribution in [-0.2, 0) is 0 Å². The summed E-state index contributed by atoms with van der Waals surface area (Å²) in [6.07, 6.45) is 2.08. The summed E-state index contributed by atoms with van der Waals surface area (Å²) in [6, 6.07) is 6.54. The molecular weight excluding hydrogens is 216 g/mol. The van der Waals surface area contributed by atoms with Crippen LogP contribution in [0.25, 0.3) is 0 Å². The first-order valence-corrected chi connectivity index (χ1v) is 5.98. The van der Waals surface area contributed by atoms with Crippen LogP contribution >= 0.6 is 0 Å². The molecular formula is C13H20N2O2. The van der Waals surface area contributed by atoms with Crippen molar-refractivity contribution < 1.29 is 9.47 Å². The number of hydrogen-bond donors (Lipinski definition) is 1. The summed E-state index contributed by atoms with van der Waals surface area (Å²) in [4.78, 5) is 2.22. The molecule has 94 valence electrons. The summed E-state index contributed by atoms with van der Waals surface area (Å²) >= 11 is 0. The highest BCUT2D eigenvalue weighted by molar-refractivity contribution is 5.45. The summed E-state index contributed by atoms with van der Waals surface area (Å²) in [5.41, 5.74) is 6.84. The lowest BCUT2D eigenvalue weighted by Gasteiger charge is -2.24. The van der Waals surface area contributed by atoms with Gasteiger partial charge in [-0.05, 0) is 51.2 Å². The molecule has 1 aliphatic rings. The summed E-state index contributed by atoms with van der Waals surface area (Å²) in [7, 11) is 4.18. The minimum atomic E-state index is 0.328. The van der Waals surface area contributed by atoms with Crippen LogP contribution in [0.3, 0.4) is 0 Å². The summed E-state index contributed by atoms with van der Waals surface area (Å²) in [6.45, 7) is 1.06. The zero-order valence-corrected chi connectivity index (χ0v) is 10.5. The maximum Gasteiger partial charge on any atom is 0.231 e. The maximum absolute atomic E-state index is 5.58. The third kappa shape index (κ3) is 2.70. The molecule has 0 bridgehead atoms. The largest absolute Gasteiger partial charge is 0.454 e. The molecule has 2 N–H and O–H groups in total. The number of fused-ring (bicyclic) bond motifs is 1. The second-order valence-electron chi connectivity index (χ2n) is 4.52. The van der Waals surface area contributed by atoms with Gasteiger partial charge in [0.1, 0.15) is 0 Å². The Balaban J connectivity index is 2.17. The van der Waals surface area contributed by atoms with Crippen molar-refractivity contribution in [2.24, 2.45) is 5.73 Å². The van der Waals surface area contributed by atoms with Crippen LogP contribution in [0.15, 0.2) is 18.2 Å². The molecule has 0 aliphatic carbocycles. The molecule has 1 heterocycles. The first-order chi connectivity index (χ1) is 8.22. The van der Waals surface area contributed by atoms with Crippen molar-refractivity contribution >= 4 is 0 Å². The van der Waals surface area contributed by atoms with Crippen molar-refractivity contribution in [1.29, 1.82) is 0 Å². The predicted octanol–water partition coefficient (Wildman–Crippen LogP) is 1.76. The van der Waals surface area contributed by atoms with E-state index in [0.29, 0.717) is 12.8 Å². The highest BCUT2D eigenvalue weighted by Crippen LogP contribution is 2.36. The van der Waals surface area contributed by atoms with Crippen molar-refractivity contribution in [3.8, 4) is 11.5 Å². The zero-order chi connectivity index (χ0) is 12.3. The fourth-order valence-corrected chi connectivity index (χ4v) is 2.15. The molecule has 1 unspecified atom stereocenters. The number of rotatable bonds is 5. The van der Waals surface area contributed by atoms with E-state index in [1.807, 2.05) is 6.07 Å². The van der Waals surface area contributed by atoms with Crippen LogP contribution in [0.4, 0.5) is 0 Å². The topological polar surface area (TPSA) is 47.7 Å². The third-order valence-corrected chi connectivity index (χ3v) is 3.09. The minimum Gasteiger partial charge on any atom is -0.454 e. The van der Waals surface area contributed by atoms with Gasteiger partial charge in [0, 0.05) is 6.04 Å². The number of nitrogens with zero attached hydrogens (tertiary/aromatic N) is 1. The predicted molar refractivity (Wildman–Crippen MR) is 67.3 cm³/mol. The van der Waals surface area contributed by atoms with E-state index in [9.17, 15) is 0 Å². The van der Waals surface area contributed by atoms with Gasteiger partial charge in [0.2, 0.25) is 6.79 Å². The third-order valence-electron chi connectivity index (χ3n) is 3.09. The second-order valence-corrected chi connectivity index (χ2v) is 4.52. The van der Waals surface area contributed by atoms with Crippen LogP contribution in [0.5, 0.6) is 11.5 Å². The molecule has 0 radical (unpaired) electrons. The molecule has 0 saturated carbocycles. The maximum atomic E-state index is 5.58. The molecule has 1 aromatic rings. The van der Waals surface area contributed by atoms with Crippen LogP contribution in [0.1, 0.15) is 24.4 Å². The Bertz CT molecular complexity index is 380. The second kappa shape index (κ2) is 5.38. The van der Waals surface area contributed by atoms with Gasteiger partial charge in [0.25, 0.3) is 0 Å². The monoisotopic (exact) mass is 236 g/mol. The van der Waals surface area contributed by atoms with Gasteiger partial charge >= 0.3 is 0 Å². The molecule has 1 atom stereocenters. The average Bonchev–Trinajstić information content (AvgIpc) is 2.76. The van der Waals surface area contributed by atoms with Crippen LogP contribution < -0.4 is 15.2 Å². The van der Waals surface area contributed by atoms with Crippen LogP contribution in [-0.4, -0.2) is 32.3 Å². The van der Waals surface area contributed by atoms with Gasteiger partial charge in [0.05, 0.1) is 0 Å². The van der Waals surface area contributed by atoms with E-state index >= 15 is 0 Å². The number of benzene rings is 1. The van der Waals surface area contributed by atoms with E-state index in [4.69, 9.17) is 15.2 Å². The summed E-state index contributed by atoms with van der Waals surface area (Å²) in [5, 5.41) is 0. The lowest BCUT2D eigenvalue weighted by atomic mass is 10.0. The molecule has 0 aromatic heterocycles. The van der Waals surface area contributed by atoms with Gasteiger partial charge in [-0.25, -0.2) is 0 Å². The normalized spacial score (nSPS) is 15.3. The molecule has 0 saturated heterocycles. The quantitative estimate of drug-likeness (QED) is 0.846. The fraction of sp³-hybridized carbons (Fsp3) is 0.538. The Morgan fingerprint density at radius 2 is 2.06 bits per heavy atom. The Morgan fingerprint density at radius 3 is 2.76 bits per heavy atom. The van der Waals surface area contributed by atoms with E-state index < -0.39 is 0 Å². The van der Waals surface area contributed by atoms with Crippen molar-refractivity contribution in [2.45, 2.75) is 18.9 Å². The highest BCUT2D eigenvalue weighted by atomic mass is 16.7. The standard InChI is InChI=1S/C13H20N2O2/c1-15(2)11(4-3-7-14)10-5-6-12-13(8-10)17-9-16-12/h5-6,8,11H,3-4,7,9,14H2,1-2H3. The zero-order valence-electron chi connectivity index (χ0n) is 10.5. The van der Waals surface area contributed by atoms with E-state index in [1.165, 1.54) is 5.56 Å². The van der Waals surface area contributed by atoms with Crippen LogP contribution in [0, 0.1) is 0 Å². The average molecular weight is 236 g/mol. The molecule has 0 spiro atoms. The fourth-order valence-electron chi connectivity index (χ4n) is 2.15. The number of nitrogens with two attached hydrogens (primary N) is 1. The molecule has 4 heteroatoms. The Kier molecular flexibility index (Phi) is 3.86. The number of ether oxygens (including phenoxy) is 2. The lowest BCUT2D eigenvalue weighted by Crippen LogP contribution is -2.20. The van der Waals surface area contributed by atoms with E-state index in [0.717, 1.165) is 30.9 Å². The smallest absolute Gasteiger partial charge is 0.231 e. The Hall–Kier alpha value is -1.26. The Labute approximate surface area is 102 Å². The molecule has 17 heavy (non-hydrogen) atoms. The summed E-state index contributed by atoms with van der Waals surface area (Å²) < 4.78 is 10.7. The lowest BCUT2D eigenvalue weighted by molar-refractivity contribution is 0.174. The first kappa shape index (κ1) is 12.2. The van der Waals surface area contributed by atoms with E-state index in [1.54, 1.807) is 0 Å². The van der Waals surface area contributed by atoms with Gasteiger partial charge in [-0.2, -0.15) is 0 Å². The van der Waals surface area contributed by atoms with E-state index in [-0.39, 0.29) is 0 Å². The van der Waals surface area contributed by atoms with Crippen molar-refractivity contribution in [1.82, 2.24) is 4.90 Å². The van der Waals surface area contributed by atoms with Crippen molar-refractivity contribution in [2.75, 3.05) is 27.4 Å². The highest BCUT2D eigenvalue weighted by Gasteiger charge is 2.18. The van der Waals surface area contributed by atoms with Gasteiger partial charge in [-0.3, -0.25) is 0 Å². The van der Waals surface area contributed by atoms with Gasteiger partial charge in [-0.1, -0.05) is 6.07 Å². The van der Waals surface area contributed by atoms with E-state index in [2.05, 4.69) is 31.1 Å². The molecule has 0 fully saturated rings. The van der Waals surface area contributed by atoms with Gasteiger partial charge < -0.3 is 20.1 Å². The molecule has 1 aliphatic heterocycles. The van der Waals surface area contributed by atoms with Crippen molar-refractivity contribution in [3.05, 3.63) is 23.8 Å². The first-order valence-electron chi connectivity index (χ1n) is 5.98.